The maximum absolute atomic E-state index is 12.9. The second kappa shape index (κ2) is 6.96. The predicted molar refractivity (Wildman–Crippen MR) is 95.9 cm³/mol. The van der Waals surface area contributed by atoms with Crippen LogP contribution in [0.1, 0.15) is 24.1 Å². The number of hydrogen-bond donors (Lipinski definition) is 0. The third-order valence-electron chi connectivity index (χ3n) is 4.30. The highest BCUT2D eigenvalue weighted by atomic mass is 35.5. The van der Waals surface area contributed by atoms with Crippen LogP contribution in [0.4, 0.5) is 0 Å². The summed E-state index contributed by atoms with van der Waals surface area (Å²) in [5.74, 6) is -0.188. The molecule has 3 heterocycles. The van der Waals surface area contributed by atoms with Crippen molar-refractivity contribution in [3.63, 3.8) is 0 Å². The SMILES string of the molecule is Cc1ccc(S(=O)(=O)N2CCC[C@@H]2C(=O)N2CCC(Cl)=C(Cl)C2)s1. The number of thiophene rings is 1. The summed E-state index contributed by atoms with van der Waals surface area (Å²) >= 11 is 13.3. The average Bonchev–Trinajstić information content (AvgIpc) is 3.18. The second-order valence-electron chi connectivity index (χ2n) is 5.96. The molecule has 0 spiro atoms. The molecule has 1 aromatic heterocycles. The molecule has 1 fully saturated rings. The lowest BCUT2D eigenvalue weighted by Crippen LogP contribution is -2.49. The normalized spacial score (nSPS) is 23.1. The number of sulfonamides is 1. The van der Waals surface area contributed by atoms with Gasteiger partial charge < -0.3 is 4.90 Å². The summed E-state index contributed by atoms with van der Waals surface area (Å²) in [4.78, 5) is 15.4. The van der Waals surface area contributed by atoms with E-state index in [9.17, 15) is 13.2 Å². The zero-order valence-corrected chi connectivity index (χ0v) is 16.3. The molecule has 1 amide bonds. The van der Waals surface area contributed by atoms with Crippen LogP contribution < -0.4 is 0 Å². The van der Waals surface area contributed by atoms with Gasteiger partial charge in [-0.1, -0.05) is 23.2 Å². The van der Waals surface area contributed by atoms with Gasteiger partial charge in [-0.05, 0) is 31.9 Å². The molecule has 0 bridgehead atoms. The Balaban J connectivity index is 1.82. The van der Waals surface area contributed by atoms with Gasteiger partial charge in [0.1, 0.15) is 10.3 Å². The van der Waals surface area contributed by atoms with Crippen LogP contribution in [0, 0.1) is 6.92 Å². The Morgan fingerprint density at radius 3 is 2.62 bits per heavy atom. The van der Waals surface area contributed by atoms with Gasteiger partial charge >= 0.3 is 0 Å². The smallest absolute Gasteiger partial charge is 0.253 e. The van der Waals surface area contributed by atoms with Gasteiger partial charge in [-0.25, -0.2) is 8.42 Å². The molecule has 5 nitrogen and oxygen atoms in total. The first-order valence-electron chi connectivity index (χ1n) is 7.71. The molecule has 0 saturated carbocycles. The summed E-state index contributed by atoms with van der Waals surface area (Å²) in [7, 11) is -3.64. The van der Waals surface area contributed by atoms with Gasteiger partial charge in [0.25, 0.3) is 10.0 Å². The van der Waals surface area contributed by atoms with E-state index in [2.05, 4.69) is 0 Å². The number of halogens is 2. The largest absolute Gasteiger partial charge is 0.336 e. The average molecular weight is 409 g/mol. The molecule has 0 aliphatic carbocycles. The number of rotatable bonds is 3. The topological polar surface area (TPSA) is 57.7 Å². The van der Waals surface area contributed by atoms with E-state index in [1.165, 1.54) is 15.6 Å². The standard InChI is InChI=1S/C15H18Cl2N2O3S2/c1-10-4-5-14(23-10)24(21,22)19-7-2-3-13(19)15(20)18-8-6-11(16)12(17)9-18/h4-5,13H,2-3,6-9H2,1H3/t13-/m1/s1. The van der Waals surface area contributed by atoms with Crippen molar-refractivity contribution in [1.82, 2.24) is 9.21 Å². The Hall–Kier alpha value is -0.600. The van der Waals surface area contributed by atoms with Crippen LogP contribution in [-0.2, 0) is 14.8 Å². The molecule has 1 atom stereocenters. The molecule has 2 aliphatic heterocycles. The van der Waals surface area contributed by atoms with E-state index in [0.29, 0.717) is 46.6 Å². The lowest BCUT2D eigenvalue weighted by molar-refractivity contribution is -0.134. The first-order chi connectivity index (χ1) is 11.3. The summed E-state index contributed by atoms with van der Waals surface area (Å²) in [5.41, 5.74) is 0. The highest BCUT2D eigenvalue weighted by Crippen LogP contribution is 2.32. The quantitative estimate of drug-likeness (QED) is 0.771. The van der Waals surface area contributed by atoms with Crippen molar-refractivity contribution in [2.75, 3.05) is 19.6 Å². The van der Waals surface area contributed by atoms with Crippen LogP contribution >= 0.6 is 34.5 Å². The molecule has 3 rings (SSSR count). The van der Waals surface area contributed by atoms with Crippen LogP contribution in [0.3, 0.4) is 0 Å². The van der Waals surface area contributed by atoms with Crippen LogP contribution in [0.5, 0.6) is 0 Å². The molecule has 0 radical (unpaired) electrons. The Bertz CT molecular complexity index is 788. The minimum Gasteiger partial charge on any atom is -0.336 e. The molecular formula is C15H18Cl2N2O3S2. The van der Waals surface area contributed by atoms with E-state index < -0.39 is 16.1 Å². The van der Waals surface area contributed by atoms with Gasteiger partial charge in [0.2, 0.25) is 5.91 Å². The Morgan fingerprint density at radius 1 is 1.25 bits per heavy atom. The summed E-state index contributed by atoms with van der Waals surface area (Å²) in [6.07, 6.45) is 1.72. The molecule has 1 aromatic rings. The van der Waals surface area contributed by atoms with Crippen LogP contribution in [0.2, 0.25) is 0 Å². The fourth-order valence-electron chi connectivity index (χ4n) is 3.04. The molecule has 132 valence electrons. The van der Waals surface area contributed by atoms with Crippen LogP contribution in [0.15, 0.2) is 26.4 Å². The Labute approximate surface area is 155 Å². The molecule has 24 heavy (non-hydrogen) atoms. The molecule has 0 aromatic carbocycles. The summed E-state index contributed by atoms with van der Waals surface area (Å²) < 4.78 is 27.4. The third-order valence-corrected chi connectivity index (χ3v) is 8.54. The molecule has 2 aliphatic rings. The van der Waals surface area contributed by atoms with E-state index in [4.69, 9.17) is 23.2 Å². The zero-order chi connectivity index (χ0) is 17.5. The number of aryl methyl sites for hydroxylation is 1. The van der Waals surface area contributed by atoms with Crippen LogP contribution in [-0.4, -0.2) is 49.2 Å². The van der Waals surface area contributed by atoms with E-state index in [-0.39, 0.29) is 12.5 Å². The number of carbonyl (C=O) groups is 1. The minimum atomic E-state index is -3.64. The van der Waals surface area contributed by atoms with Crippen LogP contribution in [0.25, 0.3) is 0 Å². The van der Waals surface area contributed by atoms with Gasteiger partial charge in [-0.2, -0.15) is 4.31 Å². The van der Waals surface area contributed by atoms with Gasteiger partial charge in [0, 0.05) is 29.4 Å². The summed E-state index contributed by atoms with van der Waals surface area (Å²) in [6, 6.07) is 2.73. The van der Waals surface area contributed by atoms with Crippen molar-refractivity contribution < 1.29 is 13.2 Å². The van der Waals surface area contributed by atoms with Gasteiger partial charge in [-0.3, -0.25) is 4.79 Å². The lowest BCUT2D eigenvalue weighted by atomic mass is 10.1. The fraction of sp³-hybridized carbons (Fsp3) is 0.533. The van der Waals surface area contributed by atoms with Crippen molar-refractivity contribution >= 4 is 50.5 Å². The van der Waals surface area contributed by atoms with Crippen molar-refractivity contribution in [2.24, 2.45) is 0 Å². The Kier molecular flexibility index (Phi) is 5.28. The fourth-order valence-corrected chi connectivity index (χ4v) is 6.49. The number of nitrogens with zero attached hydrogens (tertiary/aromatic N) is 2. The van der Waals surface area contributed by atoms with E-state index in [0.717, 1.165) is 4.88 Å². The molecule has 0 unspecified atom stereocenters. The monoisotopic (exact) mass is 408 g/mol. The van der Waals surface area contributed by atoms with Gasteiger partial charge in [-0.15, -0.1) is 11.3 Å². The maximum Gasteiger partial charge on any atom is 0.253 e. The van der Waals surface area contributed by atoms with Crippen molar-refractivity contribution in [3.8, 4) is 0 Å². The van der Waals surface area contributed by atoms with Crippen molar-refractivity contribution in [3.05, 3.63) is 27.1 Å². The number of amides is 1. The maximum atomic E-state index is 12.9. The summed E-state index contributed by atoms with van der Waals surface area (Å²) in [5, 5.41) is 1.03. The predicted octanol–water partition coefficient (Wildman–Crippen LogP) is 3.13. The van der Waals surface area contributed by atoms with E-state index >= 15 is 0 Å². The molecule has 9 heteroatoms. The van der Waals surface area contributed by atoms with E-state index in [1.807, 2.05) is 6.92 Å². The molecular weight excluding hydrogens is 391 g/mol. The van der Waals surface area contributed by atoms with Gasteiger partial charge in [0.05, 0.1) is 11.6 Å². The zero-order valence-electron chi connectivity index (χ0n) is 13.2. The van der Waals surface area contributed by atoms with Crippen molar-refractivity contribution in [2.45, 2.75) is 36.4 Å². The third kappa shape index (κ3) is 3.37. The summed E-state index contributed by atoms with van der Waals surface area (Å²) in [6.45, 7) is 2.95. The highest BCUT2D eigenvalue weighted by molar-refractivity contribution is 7.91. The Morgan fingerprint density at radius 2 is 2.00 bits per heavy atom. The molecule has 0 N–H and O–H groups in total. The lowest BCUT2D eigenvalue weighted by Gasteiger charge is -2.31. The highest BCUT2D eigenvalue weighted by Gasteiger charge is 2.42. The minimum absolute atomic E-state index is 0.188. The van der Waals surface area contributed by atoms with Gasteiger partial charge in [0.15, 0.2) is 0 Å². The number of hydrogen-bond acceptors (Lipinski definition) is 4. The number of carbonyl (C=O) groups excluding carboxylic acids is 1. The molecule has 1 saturated heterocycles. The van der Waals surface area contributed by atoms with E-state index in [1.54, 1.807) is 17.0 Å². The van der Waals surface area contributed by atoms with Crippen molar-refractivity contribution in [1.29, 1.82) is 0 Å². The first kappa shape index (κ1) is 18.2. The first-order valence-corrected chi connectivity index (χ1v) is 10.7. The second-order valence-corrected chi connectivity index (χ2v) is 10.3.